The van der Waals surface area contributed by atoms with E-state index in [1.165, 1.54) is 12.1 Å². The molecule has 0 spiro atoms. The predicted octanol–water partition coefficient (Wildman–Crippen LogP) is 1.22. The summed E-state index contributed by atoms with van der Waals surface area (Å²) >= 11 is 0. The van der Waals surface area contributed by atoms with Gasteiger partial charge in [0, 0.05) is 31.7 Å². The first kappa shape index (κ1) is 17.2. The Hall–Kier alpha value is -1.86. The Morgan fingerprint density at radius 1 is 1.52 bits per heavy atom. The third-order valence-corrected chi connectivity index (χ3v) is 3.23. The summed E-state index contributed by atoms with van der Waals surface area (Å²) in [4.78, 5) is 24.1. The highest BCUT2D eigenvalue weighted by atomic mass is 35.5. The molecule has 2 rings (SSSR count). The molecule has 1 amide bonds. The molecular formula is C13H18ClN3O4. The summed E-state index contributed by atoms with van der Waals surface area (Å²) in [7, 11) is 0. The van der Waals surface area contributed by atoms with Crippen LogP contribution >= 0.6 is 12.4 Å². The van der Waals surface area contributed by atoms with Gasteiger partial charge in [0.2, 0.25) is 0 Å². The summed E-state index contributed by atoms with van der Waals surface area (Å²) in [5, 5.41) is 14.0. The van der Waals surface area contributed by atoms with Crippen LogP contribution in [0, 0.1) is 10.1 Å². The second-order valence-corrected chi connectivity index (χ2v) is 4.65. The molecule has 1 fully saturated rings. The molecule has 116 valence electrons. The van der Waals surface area contributed by atoms with E-state index < -0.39 is 4.92 Å². The van der Waals surface area contributed by atoms with Crippen LogP contribution < -0.4 is 10.1 Å². The molecule has 1 N–H and O–H groups in total. The van der Waals surface area contributed by atoms with Crippen molar-refractivity contribution >= 4 is 24.0 Å². The van der Waals surface area contributed by atoms with Gasteiger partial charge in [-0.1, -0.05) is 12.1 Å². The molecule has 1 saturated heterocycles. The number of benzene rings is 1. The van der Waals surface area contributed by atoms with Crippen molar-refractivity contribution in [3.63, 3.8) is 0 Å². The minimum absolute atomic E-state index is 0. The number of hydrogen-bond acceptors (Lipinski definition) is 5. The summed E-state index contributed by atoms with van der Waals surface area (Å²) in [6.07, 6.45) is 0. The molecule has 0 unspecified atom stereocenters. The van der Waals surface area contributed by atoms with Gasteiger partial charge in [0.25, 0.3) is 5.91 Å². The number of amides is 1. The zero-order valence-corrected chi connectivity index (χ0v) is 12.5. The maximum Gasteiger partial charge on any atom is 0.310 e. The second-order valence-electron chi connectivity index (χ2n) is 4.65. The van der Waals surface area contributed by atoms with Crippen molar-refractivity contribution in [2.75, 3.05) is 26.2 Å². The Labute approximate surface area is 128 Å². The van der Waals surface area contributed by atoms with Crippen LogP contribution in [-0.4, -0.2) is 48.0 Å². The van der Waals surface area contributed by atoms with Crippen molar-refractivity contribution in [3.8, 4) is 5.75 Å². The van der Waals surface area contributed by atoms with Gasteiger partial charge in [-0.3, -0.25) is 14.9 Å². The number of ether oxygens (including phenoxy) is 1. The quantitative estimate of drug-likeness (QED) is 0.667. The molecule has 0 bridgehead atoms. The molecule has 8 heteroatoms. The van der Waals surface area contributed by atoms with Gasteiger partial charge < -0.3 is 15.0 Å². The van der Waals surface area contributed by atoms with Gasteiger partial charge in [0.1, 0.15) is 0 Å². The van der Waals surface area contributed by atoms with Gasteiger partial charge in [0.05, 0.1) is 4.92 Å². The minimum Gasteiger partial charge on any atom is -0.477 e. The number of nitrogens with zero attached hydrogens (tertiary/aromatic N) is 2. The standard InChI is InChI=1S/C13H17N3O4.ClH/c1-10-8-14-6-7-15(10)13(17)9-20-12-5-3-2-4-11(12)16(18)19;/h2-5,10,14H,6-9H2,1H3;1H/t10-;/m0./s1. The first-order valence-corrected chi connectivity index (χ1v) is 6.46. The lowest BCUT2D eigenvalue weighted by Crippen LogP contribution is -2.53. The van der Waals surface area contributed by atoms with E-state index in [1.807, 2.05) is 6.92 Å². The number of rotatable bonds is 4. The maximum absolute atomic E-state index is 12.1. The number of nitrogens with one attached hydrogen (secondary N) is 1. The smallest absolute Gasteiger partial charge is 0.310 e. The van der Waals surface area contributed by atoms with Gasteiger partial charge in [-0.05, 0) is 13.0 Å². The van der Waals surface area contributed by atoms with Crippen LogP contribution in [-0.2, 0) is 4.79 Å². The third kappa shape index (κ3) is 4.30. The zero-order valence-electron chi connectivity index (χ0n) is 11.7. The van der Waals surface area contributed by atoms with E-state index in [9.17, 15) is 14.9 Å². The summed E-state index contributed by atoms with van der Waals surface area (Å²) in [6.45, 7) is 3.89. The highest BCUT2D eigenvalue weighted by Gasteiger charge is 2.24. The molecule has 1 aliphatic rings. The van der Waals surface area contributed by atoms with Crippen LogP contribution in [0.15, 0.2) is 24.3 Å². The molecule has 21 heavy (non-hydrogen) atoms. The van der Waals surface area contributed by atoms with E-state index in [0.29, 0.717) is 6.54 Å². The van der Waals surface area contributed by atoms with Gasteiger partial charge in [0.15, 0.2) is 12.4 Å². The molecular weight excluding hydrogens is 298 g/mol. The number of piperazine rings is 1. The molecule has 1 aromatic rings. The predicted molar refractivity (Wildman–Crippen MR) is 79.9 cm³/mol. The monoisotopic (exact) mass is 315 g/mol. The maximum atomic E-state index is 12.1. The van der Waals surface area contributed by atoms with Crippen molar-refractivity contribution in [2.45, 2.75) is 13.0 Å². The second kappa shape index (κ2) is 7.80. The molecule has 0 aromatic heterocycles. The van der Waals surface area contributed by atoms with E-state index in [4.69, 9.17) is 4.74 Å². The summed E-state index contributed by atoms with van der Waals surface area (Å²) < 4.78 is 5.31. The van der Waals surface area contributed by atoms with Gasteiger partial charge in [-0.15, -0.1) is 12.4 Å². The Bertz CT molecular complexity index is 512. The number of para-hydroxylation sites is 2. The summed E-state index contributed by atoms with van der Waals surface area (Å²) in [5.41, 5.74) is -0.131. The average molecular weight is 316 g/mol. The molecule has 1 aromatic carbocycles. The fourth-order valence-electron chi connectivity index (χ4n) is 2.16. The molecule has 0 radical (unpaired) electrons. The number of nitro benzene ring substituents is 1. The third-order valence-electron chi connectivity index (χ3n) is 3.23. The first-order valence-electron chi connectivity index (χ1n) is 6.46. The molecule has 1 atom stereocenters. The Morgan fingerprint density at radius 2 is 2.24 bits per heavy atom. The van der Waals surface area contributed by atoms with Crippen LogP contribution in [0.3, 0.4) is 0 Å². The van der Waals surface area contributed by atoms with Crippen LogP contribution in [0.4, 0.5) is 5.69 Å². The lowest BCUT2D eigenvalue weighted by Gasteiger charge is -2.33. The zero-order chi connectivity index (χ0) is 14.5. The lowest BCUT2D eigenvalue weighted by atomic mass is 10.2. The highest BCUT2D eigenvalue weighted by molar-refractivity contribution is 5.85. The van der Waals surface area contributed by atoms with E-state index >= 15 is 0 Å². The van der Waals surface area contributed by atoms with Crippen LogP contribution in [0.2, 0.25) is 0 Å². The molecule has 1 aliphatic heterocycles. The number of halogens is 1. The largest absolute Gasteiger partial charge is 0.477 e. The molecule has 1 heterocycles. The van der Waals surface area contributed by atoms with E-state index in [0.717, 1.165) is 13.1 Å². The Morgan fingerprint density at radius 3 is 2.90 bits per heavy atom. The van der Waals surface area contributed by atoms with Crippen molar-refractivity contribution in [1.82, 2.24) is 10.2 Å². The van der Waals surface area contributed by atoms with Gasteiger partial charge >= 0.3 is 5.69 Å². The highest BCUT2D eigenvalue weighted by Crippen LogP contribution is 2.25. The van der Waals surface area contributed by atoms with Gasteiger partial charge in [-0.2, -0.15) is 0 Å². The Kier molecular flexibility index (Phi) is 6.39. The van der Waals surface area contributed by atoms with Crippen LogP contribution in [0.5, 0.6) is 5.75 Å². The summed E-state index contributed by atoms with van der Waals surface area (Å²) in [6, 6.07) is 6.15. The van der Waals surface area contributed by atoms with Crippen LogP contribution in [0.25, 0.3) is 0 Å². The SMILES string of the molecule is C[C@H]1CNCCN1C(=O)COc1ccccc1[N+](=O)[O-].Cl. The summed E-state index contributed by atoms with van der Waals surface area (Å²) in [5.74, 6) is -0.0363. The van der Waals surface area contributed by atoms with Crippen molar-refractivity contribution in [2.24, 2.45) is 0 Å². The number of hydrogen-bond donors (Lipinski definition) is 1. The van der Waals surface area contributed by atoms with E-state index in [2.05, 4.69) is 5.32 Å². The van der Waals surface area contributed by atoms with Crippen molar-refractivity contribution in [1.29, 1.82) is 0 Å². The van der Waals surface area contributed by atoms with Gasteiger partial charge in [-0.25, -0.2) is 0 Å². The van der Waals surface area contributed by atoms with E-state index in [1.54, 1.807) is 17.0 Å². The normalized spacial score (nSPS) is 17.8. The fraction of sp³-hybridized carbons (Fsp3) is 0.462. The average Bonchev–Trinajstić information content (AvgIpc) is 2.45. The molecule has 0 aliphatic carbocycles. The first-order chi connectivity index (χ1) is 9.59. The van der Waals surface area contributed by atoms with E-state index in [-0.39, 0.29) is 42.4 Å². The lowest BCUT2D eigenvalue weighted by molar-refractivity contribution is -0.385. The van der Waals surface area contributed by atoms with Crippen molar-refractivity contribution < 1.29 is 14.5 Å². The topological polar surface area (TPSA) is 84.7 Å². The minimum atomic E-state index is -0.521. The Balaban J connectivity index is 0.00000220. The van der Waals surface area contributed by atoms with Crippen LogP contribution in [0.1, 0.15) is 6.92 Å². The number of carbonyl (C=O) groups is 1. The molecule has 0 saturated carbocycles. The van der Waals surface area contributed by atoms with Crippen molar-refractivity contribution in [3.05, 3.63) is 34.4 Å². The fourth-order valence-corrected chi connectivity index (χ4v) is 2.16. The number of carbonyl (C=O) groups excluding carboxylic acids is 1. The number of nitro groups is 1. The molecule has 7 nitrogen and oxygen atoms in total.